The number of rotatable bonds is 4. The maximum Gasteiger partial charge on any atom is 0.335 e. The van der Waals surface area contributed by atoms with Crippen molar-refractivity contribution in [1.82, 2.24) is 4.90 Å². The molecule has 23 heavy (non-hydrogen) atoms. The molecule has 0 unspecified atom stereocenters. The molecule has 2 aromatic carbocycles. The highest BCUT2D eigenvalue weighted by Gasteiger charge is 2.13. The molecule has 4 heteroatoms. The predicted molar refractivity (Wildman–Crippen MR) is 95.0 cm³/mol. The van der Waals surface area contributed by atoms with Gasteiger partial charge in [0.1, 0.15) is 0 Å². The molecule has 1 N–H and O–H groups in total. The van der Waals surface area contributed by atoms with Crippen LogP contribution in [0.5, 0.6) is 0 Å². The fourth-order valence-electron chi connectivity index (χ4n) is 2.79. The van der Waals surface area contributed by atoms with Gasteiger partial charge in [-0.1, -0.05) is 48.5 Å². The first kappa shape index (κ1) is 17.3. The van der Waals surface area contributed by atoms with Gasteiger partial charge in [-0.25, -0.2) is 4.79 Å². The van der Waals surface area contributed by atoms with Crippen molar-refractivity contribution < 1.29 is 9.90 Å². The van der Waals surface area contributed by atoms with Gasteiger partial charge in [0.2, 0.25) is 0 Å². The lowest BCUT2D eigenvalue weighted by Gasteiger charge is -2.26. The van der Waals surface area contributed by atoms with E-state index >= 15 is 0 Å². The molecule has 120 valence electrons. The summed E-state index contributed by atoms with van der Waals surface area (Å²) in [7, 11) is 0. The van der Waals surface area contributed by atoms with Crippen molar-refractivity contribution in [3.05, 3.63) is 77.4 Å². The van der Waals surface area contributed by atoms with E-state index in [4.69, 9.17) is 5.11 Å². The number of hydrogen-bond acceptors (Lipinski definition) is 2. The van der Waals surface area contributed by atoms with Crippen molar-refractivity contribution in [3.8, 4) is 0 Å². The summed E-state index contributed by atoms with van der Waals surface area (Å²) in [5.74, 6) is -0.877. The van der Waals surface area contributed by atoms with Gasteiger partial charge in [-0.05, 0) is 35.3 Å². The van der Waals surface area contributed by atoms with Crippen molar-refractivity contribution in [2.24, 2.45) is 0 Å². The molecule has 2 aromatic rings. The number of benzene rings is 2. The molecule has 1 heterocycles. The Morgan fingerprint density at radius 3 is 2.30 bits per heavy atom. The van der Waals surface area contributed by atoms with E-state index in [-0.39, 0.29) is 12.4 Å². The largest absolute Gasteiger partial charge is 0.478 e. The zero-order chi connectivity index (χ0) is 15.4. The number of carbonyl (C=O) groups is 1. The van der Waals surface area contributed by atoms with Crippen LogP contribution in [0.1, 0.15) is 27.9 Å². The number of halogens is 1. The number of carboxylic acids is 1. The third-order valence-corrected chi connectivity index (χ3v) is 4.04. The molecule has 0 bridgehead atoms. The number of carboxylic acid groups (broad SMARTS) is 1. The van der Waals surface area contributed by atoms with Crippen LogP contribution in [0.15, 0.2) is 60.7 Å². The Morgan fingerprint density at radius 2 is 1.74 bits per heavy atom. The Labute approximate surface area is 142 Å². The molecule has 0 atom stereocenters. The van der Waals surface area contributed by atoms with E-state index in [0.717, 1.165) is 31.6 Å². The second kappa shape index (κ2) is 7.95. The molecule has 0 aromatic heterocycles. The monoisotopic (exact) mass is 329 g/mol. The fraction of sp³-hybridized carbons (Fsp3) is 0.211. The van der Waals surface area contributed by atoms with Crippen molar-refractivity contribution in [3.63, 3.8) is 0 Å². The molecular weight excluding hydrogens is 310 g/mol. The number of aromatic carboxylic acids is 1. The highest BCUT2D eigenvalue weighted by Crippen LogP contribution is 2.23. The van der Waals surface area contributed by atoms with E-state index in [9.17, 15) is 4.79 Å². The topological polar surface area (TPSA) is 40.5 Å². The molecule has 0 saturated carbocycles. The van der Waals surface area contributed by atoms with Crippen LogP contribution >= 0.6 is 12.4 Å². The summed E-state index contributed by atoms with van der Waals surface area (Å²) in [6.45, 7) is 2.94. The third kappa shape index (κ3) is 4.44. The normalized spacial score (nSPS) is 14.7. The van der Waals surface area contributed by atoms with Gasteiger partial charge in [-0.2, -0.15) is 0 Å². The molecule has 0 aliphatic carbocycles. The Balaban J connectivity index is 0.00000192. The van der Waals surface area contributed by atoms with Crippen LogP contribution in [0, 0.1) is 0 Å². The van der Waals surface area contributed by atoms with Crippen LogP contribution in [-0.2, 0) is 6.54 Å². The van der Waals surface area contributed by atoms with E-state index in [2.05, 4.69) is 35.2 Å². The standard InChI is InChI=1S/C19H19NO2.ClH/c21-19(22)18-8-6-16(7-9-18)17-10-12-20(13-11-17)14-15-4-2-1-3-5-15;/h1-10H,11-14H2,(H,21,22);1H. The first-order chi connectivity index (χ1) is 10.7. The smallest absolute Gasteiger partial charge is 0.335 e. The highest BCUT2D eigenvalue weighted by atomic mass is 35.5. The van der Waals surface area contributed by atoms with Crippen LogP contribution in [0.25, 0.3) is 5.57 Å². The Bertz CT molecular complexity index is 680. The van der Waals surface area contributed by atoms with E-state index in [0.29, 0.717) is 5.56 Å². The molecule has 1 aliphatic rings. The van der Waals surface area contributed by atoms with E-state index < -0.39 is 5.97 Å². The second-order valence-corrected chi connectivity index (χ2v) is 5.58. The Kier molecular flexibility index (Phi) is 5.97. The van der Waals surface area contributed by atoms with Gasteiger partial charge < -0.3 is 5.11 Å². The van der Waals surface area contributed by atoms with E-state index in [1.807, 2.05) is 18.2 Å². The average Bonchev–Trinajstić information content (AvgIpc) is 2.57. The summed E-state index contributed by atoms with van der Waals surface area (Å²) in [6.07, 6.45) is 3.25. The van der Waals surface area contributed by atoms with Crippen LogP contribution in [0.2, 0.25) is 0 Å². The van der Waals surface area contributed by atoms with Gasteiger partial charge in [0.05, 0.1) is 5.56 Å². The fourth-order valence-corrected chi connectivity index (χ4v) is 2.79. The second-order valence-electron chi connectivity index (χ2n) is 5.58. The van der Waals surface area contributed by atoms with E-state index in [1.54, 1.807) is 12.1 Å². The minimum absolute atomic E-state index is 0. The minimum Gasteiger partial charge on any atom is -0.478 e. The summed E-state index contributed by atoms with van der Waals surface area (Å²) in [6, 6.07) is 17.7. The van der Waals surface area contributed by atoms with Crippen LogP contribution in [0.4, 0.5) is 0 Å². The average molecular weight is 330 g/mol. The van der Waals surface area contributed by atoms with E-state index in [1.165, 1.54) is 11.1 Å². The summed E-state index contributed by atoms with van der Waals surface area (Å²) >= 11 is 0. The summed E-state index contributed by atoms with van der Waals surface area (Å²) in [5, 5.41) is 8.94. The summed E-state index contributed by atoms with van der Waals surface area (Å²) in [5.41, 5.74) is 4.11. The van der Waals surface area contributed by atoms with Crippen molar-refractivity contribution >= 4 is 23.9 Å². The molecule has 3 nitrogen and oxygen atoms in total. The predicted octanol–water partition coefficient (Wildman–Crippen LogP) is 4.10. The number of nitrogens with zero attached hydrogens (tertiary/aromatic N) is 1. The highest BCUT2D eigenvalue weighted by molar-refractivity contribution is 5.88. The summed E-state index contributed by atoms with van der Waals surface area (Å²) < 4.78 is 0. The van der Waals surface area contributed by atoms with Gasteiger partial charge in [0.25, 0.3) is 0 Å². The molecular formula is C19H20ClNO2. The third-order valence-electron chi connectivity index (χ3n) is 4.04. The summed E-state index contributed by atoms with van der Waals surface area (Å²) in [4.78, 5) is 13.3. The minimum atomic E-state index is -0.877. The molecule has 0 spiro atoms. The van der Waals surface area contributed by atoms with Gasteiger partial charge in [-0.15, -0.1) is 12.4 Å². The lowest BCUT2D eigenvalue weighted by atomic mass is 9.98. The quantitative estimate of drug-likeness (QED) is 0.918. The van der Waals surface area contributed by atoms with Crippen LogP contribution < -0.4 is 0 Å². The SMILES string of the molecule is Cl.O=C(O)c1ccc(C2=CCN(Cc3ccccc3)CC2)cc1. The molecule has 1 aliphatic heterocycles. The maximum atomic E-state index is 10.9. The first-order valence-electron chi connectivity index (χ1n) is 7.51. The van der Waals surface area contributed by atoms with Gasteiger partial charge in [-0.3, -0.25) is 4.90 Å². The van der Waals surface area contributed by atoms with Crippen molar-refractivity contribution in [1.29, 1.82) is 0 Å². The molecule has 0 saturated heterocycles. The molecule has 0 radical (unpaired) electrons. The van der Waals surface area contributed by atoms with Crippen LogP contribution in [-0.4, -0.2) is 29.1 Å². The zero-order valence-electron chi connectivity index (χ0n) is 12.8. The number of hydrogen-bond donors (Lipinski definition) is 1. The lowest BCUT2D eigenvalue weighted by Crippen LogP contribution is -2.27. The molecule has 3 rings (SSSR count). The van der Waals surface area contributed by atoms with Gasteiger partial charge in [0.15, 0.2) is 0 Å². The van der Waals surface area contributed by atoms with Gasteiger partial charge in [0, 0.05) is 19.6 Å². The lowest BCUT2D eigenvalue weighted by molar-refractivity contribution is 0.0697. The van der Waals surface area contributed by atoms with Crippen LogP contribution in [0.3, 0.4) is 0 Å². The Hall–Kier alpha value is -2.10. The Morgan fingerprint density at radius 1 is 1.04 bits per heavy atom. The molecule has 0 amide bonds. The van der Waals surface area contributed by atoms with Crippen molar-refractivity contribution in [2.75, 3.05) is 13.1 Å². The maximum absolute atomic E-state index is 10.9. The molecule has 0 fully saturated rings. The van der Waals surface area contributed by atoms with Crippen molar-refractivity contribution in [2.45, 2.75) is 13.0 Å². The van der Waals surface area contributed by atoms with Gasteiger partial charge >= 0.3 is 5.97 Å². The zero-order valence-corrected chi connectivity index (χ0v) is 13.6. The first-order valence-corrected chi connectivity index (χ1v) is 7.51.